The number of fused-ring (bicyclic) bond motifs is 1. The Morgan fingerprint density at radius 2 is 1.82 bits per heavy atom. The molecular formula is C24H26ClF2N5O. The molecule has 9 heteroatoms. The fraction of sp³-hybridized carbons (Fsp3) is 0.375. The average Bonchev–Trinajstić information content (AvgIpc) is 2.81. The number of benzene rings is 2. The number of anilines is 2. The largest absolute Gasteiger partial charge is 0.362 e. The lowest BCUT2D eigenvalue weighted by molar-refractivity contribution is 0.0939. The molecule has 33 heavy (non-hydrogen) atoms. The minimum Gasteiger partial charge on any atom is -0.362 e. The van der Waals surface area contributed by atoms with Crippen molar-refractivity contribution in [2.75, 3.05) is 30.9 Å². The monoisotopic (exact) mass is 473 g/mol. The van der Waals surface area contributed by atoms with E-state index in [1.54, 1.807) is 0 Å². The summed E-state index contributed by atoms with van der Waals surface area (Å²) < 4.78 is 27.4. The molecule has 1 saturated carbocycles. The first-order valence-electron chi connectivity index (χ1n) is 11.0. The van der Waals surface area contributed by atoms with Gasteiger partial charge in [-0.1, -0.05) is 23.7 Å². The van der Waals surface area contributed by atoms with Crippen molar-refractivity contribution in [1.82, 2.24) is 15.3 Å². The van der Waals surface area contributed by atoms with Crippen LogP contribution in [-0.4, -0.2) is 42.6 Å². The second-order valence-corrected chi connectivity index (χ2v) is 8.96. The number of carbonyl (C=O) groups excluding carboxylic acids is 1. The van der Waals surface area contributed by atoms with Crippen LogP contribution in [0.5, 0.6) is 0 Å². The molecule has 2 aromatic carbocycles. The van der Waals surface area contributed by atoms with Crippen LogP contribution in [0, 0.1) is 17.6 Å². The fourth-order valence-electron chi connectivity index (χ4n) is 4.19. The highest BCUT2D eigenvalue weighted by atomic mass is 35.5. The molecule has 1 aromatic heterocycles. The Balaban J connectivity index is 1.32. The topological polar surface area (TPSA) is 70.2 Å². The maximum atomic E-state index is 14.1. The van der Waals surface area contributed by atoms with Crippen molar-refractivity contribution in [1.29, 1.82) is 0 Å². The van der Waals surface area contributed by atoms with Crippen LogP contribution in [0.15, 0.2) is 36.4 Å². The Hall–Kier alpha value is -3.00. The molecule has 1 fully saturated rings. The lowest BCUT2D eigenvalue weighted by Crippen LogP contribution is -2.34. The summed E-state index contributed by atoms with van der Waals surface area (Å²) in [6.45, 7) is 0.428. The molecule has 1 heterocycles. The Morgan fingerprint density at radius 3 is 2.55 bits per heavy atom. The number of para-hydroxylation sites is 1. The summed E-state index contributed by atoms with van der Waals surface area (Å²) in [5, 5.41) is 6.55. The number of nitrogens with zero attached hydrogens (tertiary/aromatic N) is 3. The summed E-state index contributed by atoms with van der Waals surface area (Å²) in [6.07, 6.45) is 3.62. The van der Waals surface area contributed by atoms with E-state index in [1.807, 2.05) is 43.3 Å². The van der Waals surface area contributed by atoms with Gasteiger partial charge in [0.05, 0.1) is 11.1 Å². The van der Waals surface area contributed by atoms with Crippen molar-refractivity contribution in [2.24, 2.45) is 5.92 Å². The highest BCUT2D eigenvalue weighted by molar-refractivity contribution is 6.31. The van der Waals surface area contributed by atoms with Crippen LogP contribution >= 0.6 is 11.6 Å². The molecule has 4 rings (SSSR count). The normalized spacial score (nSPS) is 18.2. The van der Waals surface area contributed by atoms with E-state index in [0.29, 0.717) is 12.5 Å². The smallest absolute Gasteiger partial charge is 0.254 e. The first-order chi connectivity index (χ1) is 15.8. The van der Waals surface area contributed by atoms with Crippen LogP contribution < -0.4 is 15.5 Å². The highest BCUT2D eigenvalue weighted by Gasteiger charge is 2.24. The maximum Gasteiger partial charge on any atom is 0.254 e. The van der Waals surface area contributed by atoms with E-state index in [-0.39, 0.29) is 17.5 Å². The molecule has 0 bridgehead atoms. The van der Waals surface area contributed by atoms with E-state index in [4.69, 9.17) is 16.6 Å². The third-order valence-electron chi connectivity index (χ3n) is 6.02. The lowest BCUT2D eigenvalue weighted by Gasteiger charge is -2.29. The van der Waals surface area contributed by atoms with Gasteiger partial charge in [-0.15, -0.1) is 0 Å². The van der Waals surface area contributed by atoms with Gasteiger partial charge in [-0.25, -0.2) is 13.8 Å². The van der Waals surface area contributed by atoms with Crippen LogP contribution in [0.2, 0.25) is 5.02 Å². The van der Waals surface area contributed by atoms with Crippen LogP contribution in [-0.2, 0) is 0 Å². The summed E-state index contributed by atoms with van der Waals surface area (Å²) in [5.74, 6) is -0.749. The molecular weight excluding hydrogens is 448 g/mol. The van der Waals surface area contributed by atoms with Gasteiger partial charge in [0.25, 0.3) is 5.91 Å². The lowest BCUT2D eigenvalue weighted by atomic mass is 9.86. The predicted molar refractivity (Wildman–Crippen MR) is 127 cm³/mol. The summed E-state index contributed by atoms with van der Waals surface area (Å²) in [4.78, 5) is 23.7. The van der Waals surface area contributed by atoms with E-state index >= 15 is 0 Å². The first-order valence-corrected chi connectivity index (χ1v) is 11.3. The number of rotatable bonds is 6. The van der Waals surface area contributed by atoms with Crippen molar-refractivity contribution in [2.45, 2.75) is 31.7 Å². The molecule has 0 radical (unpaired) electrons. The zero-order chi connectivity index (χ0) is 23.5. The Kier molecular flexibility index (Phi) is 6.93. The van der Waals surface area contributed by atoms with Crippen molar-refractivity contribution in [3.63, 3.8) is 0 Å². The summed E-state index contributed by atoms with van der Waals surface area (Å²) in [5.41, 5.74) is 0.644. The van der Waals surface area contributed by atoms with Gasteiger partial charge in [-0.3, -0.25) is 4.79 Å². The number of amides is 1. The van der Waals surface area contributed by atoms with Gasteiger partial charge in [0, 0.05) is 32.1 Å². The summed E-state index contributed by atoms with van der Waals surface area (Å²) in [6, 6.07) is 10.3. The van der Waals surface area contributed by atoms with Crippen molar-refractivity contribution in [3.05, 3.63) is 58.6 Å². The minimum atomic E-state index is -1.03. The van der Waals surface area contributed by atoms with Crippen molar-refractivity contribution >= 4 is 40.2 Å². The molecule has 1 aliphatic rings. The number of carbonyl (C=O) groups is 1. The molecule has 6 nitrogen and oxygen atoms in total. The predicted octanol–water partition coefficient (Wildman–Crippen LogP) is 5.03. The third kappa shape index (κ3) is 5.16. The number of hydrogen-bond donors (Lipinski definition) is 2. The van der Waals surface area contributed by atoms with Crippen LogP contribution in [0.1, 0.15) is 36.0 Å². The quantitative estimate of drug-likeness (QED) is 0.491. The standard InChI is InChI=1S/C24H26ClF2N5O/c1-32(2)22-16-5-3-4-6-19(16)30-24(31-22)29-15-9-7-14(8-10-15)13-28-23(33)17-11-12-18(26)20(25)21(17)27/h3-6,11-12,14-15H,7-10,13H2,1-2H3,(H,28,33)(H,29,30,31). The zero-order valence-electron chi connectivity index (χ0n) is 18.5. The van der Waals surface area contributed by atoms with Crippen LogP contribution in [0.3, 0.4) is 0 Å². The number of aromatic nitrogens is 2. The van der Waals surface area contributed by atoms with E-state index < -0.39 is 22.6 Å². The second-order valence-electron chi connectivity index (χ2n) is 8.58. The summed E-state index contributed by atoms with van der Waals surface area (Å²) >= 11 is 5.57. The number of nitrogens with one attached hydrogen (secondary N) is 2. The van der Waals surface area contributed by atoms with E-state index in [0.717, 1.165) is 54.5 Å². The number of halogens is 3. The Labute approximate surface area is 196 Å². The fourth-order valence-corrected chi connectivity index (χ4v) is 4.36. The number of hydrogen-bond acceptors (Lipinski definition) is 5. The Bertz CT molecular complexity index is 1170. The molecule has 1 amide bonds. The van der Waals surface area contributed by atoms with Gasteiger partial charge < -0.3 is 15.5 Å². The van der Waals surface area contributed by atoms with Gasteiger partial charge in [-0.05, 0) is 55.9 Å². The molecule has 3 aromatic rings. The van der Waals surface area contributed by atoms with E-state index in [2.05, 4.69) is 15.6 Å². The maximum absolute atomic E-state index is 14.1. The molecule has 0 unspecified atom stereocenters. The van der Waals surface area contributed by atoms with Gasteiger partial charge in [0.15, 0.2) is 5.82 Å². The SMILES string of the molecule is CN(C)c1nc(NC2CCC(CNC(=O)c3ccc(F)c(Cl)c3F)CC2)nc2ccccc12. The van der Waals surface area contributed by atoms with Crippen LogP contribution in [0.25, 0.3) is 10.9 Å². The molecule has 2 N–H and O–H groups in total. The van der Waals surface area contributed by atoms with Crippen molar-refractivity contribution < 1.29 is 13.6 Å². The summed E-state index contributed by atoms with van der Waals surface area (Å²) in [7, 11) is 3.92. The second kappa shape index (κ2) is 9.87. The molecule has 1 aliphatic carbocycles. The molecule has 0 saturated heterocycles. The van der Waals surface area contributed by atoms with Gasteiger partial charge in [-0.2, -0.15) is 4.98 Å². The van der Waals surface area contributed by atoms with E-state index in [9.17, 15) is 13.6 Å². The molecule has 0 atom stereocenters. The van der Waals surface area contributed by atoms with Gasteiger partial charge in [0.1, 0.15) is 16.7 Å². The molecule has 174 valence electrons. The molecule has 0 spiro atoms. The average molecular weight is 474 g/mol. The van der Waals surface area contributed by atoms with Gasteiger partial charge >= 0.3 is 0 Å². The van der Waals surface area contributed by atoms with E-state index in [1.165, 1.54) is 0 Å². The van der Waals surface area contributed by atoms with Crippen molar-refractivity contribution in [3.8, 4) is 0 Å². The zero-order valence-corrected chi connectivity index (χ0v) is 19.3. The van der Waals surface area contributed by atoms with Gasteiger partial charge in [0.2, 0.25) is 5.95 Å². The van der Waals surface area contributed by atoms with Crippen LogP contribution in [0.4, 0.5) is 20.5 Å². The minimum absolute atomic E-state index is 0.237. The third-order valence-corrected chi connectivity index (χ3v) is 6.36. The first kappa shape index (κ1) is 23.2. The Morgan fingerprint density at radius 1 is 1.09 bits per heavy atom. The highest BCUT2D eigenvalue weighted by Crippen LogP contribution is 2.28. The molecule has 0 aliphatic heterocycles.